The maximum absolute atomic E-state index is 13.8. The molecule has 0 fully saturated rings. The fourth-order valence-electron chi connectivity index (χ4n) is 4.67. The van der Waals surface area contributed by atoms with Gasteiger partial charge in [0.05, 0.1) is 23.6 Å². The van der Waals surface area contributed by atoms with Gasteiger partial charge in [-0.05, 0) is 85.3 Å². The van der Waals surface area contributed by atoms with E-state index in [2.05, 4.69) is 13.8 Å². The summed E-state index contributed by atoms with van der Waals surface area (Å²) in [6.45, 7) is 8.73. The van der Waals surface area contributed by atoms with Crippen LogP contribution in [0.5, 0.6) is 5.75 Å². The highest BCUT2D eigenvalue weighted by Crippen LogP contribution is 2.41. The summed E-state index contributed by atoms with van der Waals surface area (Å²) < 4.78 is 11.9. The van der Waals surface area contributed by atoms with Crippen molar-refractivity contribution in [2.75, 3.05) is 11.5 Å². The lowest BCUT2D eigenvalue weighted by atomic mass is 9.97. The van der Waals surface area contributed by atoms with Gasteiger partial charge in [0, 0.05) is 5.69 Å². The Hall–Kier alpha value is -3.86. The predicted molar refractivity (Wildman–Crippen MR) is 139 cm³/mol. The first-order valence-electron chi connectivity index (χ1n) is 12.2. The van der Waals surface area contributed by atoms with Gasteiger partial charge in [-0.15, -0.1) is 0 Å². The Morgan fingerprint density at radius 3 is 2.26 bits per heavy atom. The average Bonchev–Trinajstić information content (AvgIpc) is 3.17. The van der Waals surface area contributed by atoms with Crippen molar-refractivity contribution in [3.05, 3.63) is 104 Å². The molecule has 0 saturated heterocycles. The Kier molecular flexibility index (Phi) is 5.93. The van der Waals surface area contributed by atoms with Crippen LogP contribution in [0.25, 0.3) is 11.0 Å². The van der Waals surface area contributed by atoms with Crippen molar-refractivity contribution in [1.82, 2.24) is 0 Å². The molecular formula is C30H29NO4. The zero-order chi connectivity index (χ0) is 24.7. The van der Waals surface area contributed by atoms with Crippen molar-refractivity contribution in [1.29, 1.82) is 0 Å². The lowest BCUT2D eigenvalue weighted by molar-refractivity contribution is 0.0971. The molecule has 5 heteroatoms. The van der Waals surface area contributed by atoms with Gasteiger partial charge in [0.2, 0.25) is 5.76 Å². The highest BCUT2D eigenvalue weighted by Gasteiger charge is 2.43. The van der Waals surface area contributed by atoms with Gasteiger partial charge >= 0.3 is 0 Å². The van der Waals surface area contributed by atoms with Crippen molar-refractivity contribution in [3.8, 4) is 5.75 Å². The maximum atomic E-state index is 13.8. The van der Waals surface area contributed by atoms with Crippen LogP contribution in [0.2, 0.25) is 0 Å². The molecule has 0 radical (unpaired) electrons. The van der Waals surface area contributed by atoms with E-state index in [1.165, 1.54) is 5.56 Å². The number of hydrogen-bond acceptors (Lipinski definition) is 4. The van der Waals surface area contributed by atoms with Gasteiger partial charge in [0.15, 0.2) is 5.43 Å². The van der Waals surface area contributed by atoms with E-state index in [4.69, 9.17) is 9.15 Å². The van der Waals surface area contributed by atoms with Crippen LogP contribution in [-0.2, 0) is 6.42 Å². The molecule has 0 saturated carbocycles. The number of ether oxygens (including phenoxy) is 1. The number of carbonyl (C=O) groups is 1. The van der Waals surface area contributed by atoms with E-state index < -0.39 is 6.04 Å². The third-order valence-corrected chi connectivity index (χ3v) is 6.78. The zero-order valence-electron chi connectivity index (χ0n) is 20.6. The highest BCUT2D eigenvalue weighted by molar-refractivity contribution is 6.10. The van der Waals surface area contributed by atoms with Crippen LogP contribution in [0, 0.1) is 13.8 Å². The van der Waals surface area contributed by atoms with Crippen LogP contribution < -0.4 is 15.1 Å². The first-order chi connectivity index (χ1) is 16.9. The summed E-state index contributed by atoms with van der Waals surface area (Å²) in [6.07, 6.45) is 1.82. The fourth-order valence-corrected chi connectivity index (χ4v) is 4.67. The second-order valence-electron chi connectivity index (χ2n) is 9.12. The number of benzene rings is 3. The van der Waals surface area contributed by atoms with Crippen LogP contribution in [0.3, 0.4) is 0 Å². The molecule has 5 nitrogen and oxygen atoms in total. The molecule has 5 rings (SSSR count). The quantitative estimate of drug-likeness (QED) is 0.324. The average molecular weight is 468 g/mol. The van der Waals surface area contributed by atoms with Crippen LogP contribution in [-0.4, -0.2) is 12.5 Å². The third-order valence-electron chi connectivity index (χ3n) is 6.78. The third kappa shape index (κ3) is 3.91. The normalized spacial score (nSPS) is 15.0. The number of aryl methyl sites for hydroxylation is 3. The summed E-state index contributed by atoms with van der Waals surface area (Å²) in [6, 6.07) is 18.7. The number of carbonyl (C=O) groups excluding carboxylic acids is 1. The minimum absolute atomic E-state index is 0.113. The first kappa shape index (κ1) is 22.9. The van der Waals surface area contributed by atoms with E-state index >= 15 is 0 Å². The Bertz CT molecular complexity index is 1470. The fraction of sp³-hybridized carbons (Fsp3) is 0.267. The monoisotopic (exact) mass is 467 g/mol. The zero-order valence-corrected chi connectivity index (χ0v) is 20.6. The molecule has 1 aliphatic rings. The SMILES string of the molecule is CCCOc1ccc(C2c3c(oc4cc(C)c(C)cc4c3=O)C(=O)N2c2ccc(CC)cc2)cc1. The lowest BCUT2D eigenvalue weighted by Crippen LogP contribution is -2.29. The lowest BCUT2D eigenvalue weighted by Gasteiger charge is -2.25. The Morgan fingerprint density at radius 2 is 1.60 bits per heavy atom. The summed E-state index contributed by atoms with van der Waals surface area (Å²) >= 11 is 0. The number of fused-ring (bicyclic) bond motifs is 2. The summed E-state index contributed by atoms with van der Waals surface area (Å²) in [4.78, 5) is 29.3. The van der Waals surface area contributed by atoms with Crippen molar-refractivity contribution in [2.45, 2.75) is 46.6 Å². The molecular weight excluding hydrogens is 438 g/mol. The molecule has 35 heavy (non-hydrogen) atoms. The van der Waals surface area contributed by atoms with Crippen LogP contribution in [0.4, 0.5) is 5.69 Å². The van der Waals surface area contributed by atoms with E-state index in [0.717, 1.165) is 41.0 Å². The molecule has 0 spiro atoms. The minimum Gasteiger partial charge on any atom is -0.494 e. The van der Waals surface area contributed by atoms with Gasteiger partial charge in [0.1, 0.15) is 11.3 Å². The molecule has 0 aliphatic carbocycles. The van der Waals surface area contributed by atoms with Crippen LogP contribution in [0.1, 0.15) is 64.7 Å². The highest BCUT2D eigenvalue weighted by atomic mass is 16.5. The number of rotatable bonds is 6. The summed E-state index contributed by atoms with van der Waals surface area (Å²) in [5, 5.41) is 0.496. The standard InChI is InChI=1S/C30H29NO4/c1-5-15-34-23-13-9-21(10-14-23)27-26-28(32)24-16-18(3)19(4)17-25(24)35-29(26)30(33)31(27)22-11-7-20(6-2)8-12-22/h7-14,16-17,27H,5-6,15H2,1-4H3. The van der Waals surface area contributed by atoms with Gasteiger partial charge in [-0.25, -0.2) is 0 Å². The topological polar surface area (TPSA) is 59.8 Å². The Balaban J connectivity index is 1.71. The van der Waals surface area contributed by atoms with Crippen LogP contribution >= 0.6 is 0 Å². The molecule has 3 aromatic carbocycles. The molecule has 178 valence electrons. The van der Waals surface area contributed by atoms with Gasteiger partial charge in [-0.2, -0.15) is 0 Å². The van der Waals surface area contributed by atoms with Gasteiger partial charge in [-0.3, -0.25) is 14.5 Å². The molecule has 1 unspecified atom stereocenters. The summed E-state index contributed by atoms with van der Waals surface area (Å²) in [5.74, 6) is 0.565. The van der Waals surface area contributed by atoms with Gasteiger partial charge in [0.25, 0.3) is 5.91 Å². The molecule has 1 amide bonds. The second kappa shape index (κ2) is 9.06. The Labute approximate surface area is 205 Å². The van der Waals surface area contributed by atoms with Gasteiger partial charge < -0.3 is 9.15 Å². The minimum atomic E-state index is -0.590. The second-order valence-corrected chi connectivity index (χ2v) is 9.12. The maximum Gasteiger partial charge on any atom is 0.295 e. The molecule has 0 N–H and O–H groups in total. The summed E-state index contributed by atoms with van der Waals surface area (Å²) in [7, 11) is 0. The number of hydrogen-bond donors (Lipinski definition) is 0. The summed E-state index contributed by atoms with van der Waals surface area (Å²) in [5.41, 5.74) is 5.41. The van der Waals surface area contributed by atoms with E-state index in [-0.39, 0.29) is 17.1 Å². The Morgan fingerprint density at radius 1 is 0.914 bits per heavy atom. The van der Waals surface area contributed by atoms with Gasteiger partial charge in [-0.1, -0.05) is 38.1 Å². The van der Waals surface area contributed by atoms with E-state index in [1.54, 1.807) is 4.90 Å². The molecule has 1 aliphatic heterocycles. The number of nitrogens with zero attached hydrogens (tertiary/aromatic N) is 1. The smallest absolute Gasteiger partial charge is 0.295 e. The van der Waals surface area contributed by atoms with E-state index in [1.807, 2.05) is 74.5 Å². The first-order valence-corrected chi connectivity index (χ1v) is 12.2. The number of anilines is 1. The van der Waals surface area contributed by atoms with E-state index in [0.29, 0.717) is 23.1 Å². The largest absolute Gasteiger partial charge is 0.494 e. The van der Waals surface area contributed by atoms with Crippen LogP contribution in [0.15, 0.2) is 69.9 Å². The molecule has 1 aromatic heterocycles. The van der Waals surface area contributed by atoms with Crippen molar-refractivity contribution >= 4 is 22.6 Å². The molecule has 4 aromatic rings. The molecule has 2 heterocycles. The molecule has 1 atom stereocenters. The van der Waals surface area contributed by atoms with Crippen molar-refractivity contribution in [3.63, 3.8) is 0 Å². The number of amides is 1. The predicted octanol–water partition coefficient (Wildman–Crippen LogP) is 6.51. The van der Waals surface area contributed by atoms with E-state index in [9.17, 15) is 9.59 Å². The van der Waals surface area contributed by atoms with Crippen molar-refractivity contribution < 1.29 is 13.9 Å². The molecule has 0 bridgehead atoms. The van der Waals surface area contributed by atoms with Crippen molar-refractivity contribution in [2.24, 2.45) is 0 Å².